The van der Waals surface area contributed by atoms with Crippen molar-refractivity contribution in [2.75, 3.05) is 5.32 Å². The molecule has 1 aliphatic heterocycles. The molecule has 0 unspecified atom stereocenters. The molecule has 0 bridgehead atoms. The van der Waals surface area contributed by atoms with Gasteiger partial charge in [0.15, 0.2) is 0 Å². The Labute approximate surface area is 149 Å². The van der Waals surface area contributed by atoms with Gasteiger partial charge in [-0.2, -0.15) is 0 Å². The van der Waals surface area contributed by atoms with Gasteiger partial charge in [-0.3, -0.25) is 4.79 Å². The van der Waals surface area contributed by atoms with Crippen molar-refractivity contribution in [1.29, 1.82) is 0 Å². The van der Waals surface area contributed by atoms with Gasteiger partial charge in [-0.1, -0.05) is 42.3 Å². The highest BCUT2D eigenvalue weighted by atomic mass is 35.5. The summed E-state index contributed by atoms with van der Waals surface area (Å²) < 4.78 is 0. The number of carbonyl (C=O) groups excluding carboxylic acids is 1. The molecule has 1 aliphatic carbocycles. The van der Waals surface area contributed by atoms with Crippen molar-refractivity contribution in [3.05, 3.63) is 49.8 Å². The summed E-state index contributed by atoms with van der Waals surface area (Å²) in [7, 11) is 0. The smallest absolute Gasteiger partial charge is 0.256 e. The van der Waals surface area contributed by atoms with E-state index in [0.29, 0.717) is 16.0 Å². The first kappa shape index (κ1) is 15.3. The summed E-state index contributed by atoms with van der Waals surface area (Å²) in [5.74, 6) is 0.663. The van der Waals surface area contributed by atoms with Gasteiger partial charge >= 0.3 is 0 Å². The van der Waals surface area contributed by atoms with Gasteiger partial charge in [-0.15, -0.1) is 11.3 Å². The fourth-order valence-corrected chi connectivity index (χ4v) is 5.22. The normalized spacial score (nSPS) is 22.8. The summed E-state index contributed by atoms with van der Waals surface area (Å²) in [5, 5.41) is 8.37. The number of fused-ring (bicyclic) bond motifs is 3. The van der Waals surface area contributed by atoms with Crippen LogP contribution in [-0.2, 0) is 12.8 Å². The molecule has 0 spiro atoms. The standard InChI is InChI=1S/C17H16Cl2N2OS/c1-8-5-6-9-12(7-8)23-17-13(9)16(22)20-15(21-17)10-3-2-4-11(18)14(10)19/h2-4,8,15,21H,5-7H2,1H3,(H,20,22)/t8-,15+/m0/s1. The fraction of sp³-hybridized carbons (Fsp3) is 0.353. The molecular weight excluding hydrogens is 351 g/mol. The summed E-state index contributed by atoms with van der Waals surface area (Å²) in [5.41, 5.74) is 2.84. The average Bonchev–Trinajstić information content (AvgIpc) is 2.87. The Kier molecular flexibility index (Phi) is 3.79. The molecule has 0 saturated heterocycles. The number of benzene rings is 1. The lowest BCUT2D eigenvalue weighted by Crippen LogP contribution is -2.38. The van der Waals surface area contributed by atoms with Crippen molar-refractivity contribution in [3.8, 4) is 0 Å². The van der Waals surface area contributed by atoms with E-state index in [4.69, 9.17) is 23.2 Å². The topological polar surface area (TPSA) is 41.1 Å². The zero-order valence-corrected chi connectivity index (χ0v) is 14.9. The second-order valence-electron chi connectivity index (χ2n) is 6.25. The maximum Gasteiger partial charge on any atom is 0.256 e. The lowest BCUT2D eigenvalue weighted by atomic mass is 9.88. The third kappa shape index (κ3) is 2.53. The maximum atomic E-state index is 12.7. The first-order chi connectivity index (χ1) is 11.0. The van der Waals surface area contributed by atoms with Crippen LogP contribution < -0.4 is 10.6 Å². The summed E-state index contributed by atoms with van der Waals surface area (Å²) in [4.78, 5) is 14.0. The van der Waals surface area contributed by atoms with E-state index < -0.39 is 0 Å². The minimum atomic E-state index is -0.348. The van der Waals surface area contributed by atoms with Gasteiger partial charge in [0.1, 0.15) is 11.2 Å². The Morgan fingerprint density at radius 2 is 2.09 bits per heavy atom. The average molecular weight is 367 g/mol. The zero-order valence-electron chi connectivity index (χ0n) is 12.6. The van der Waals surface area contributed by atoms with E-state index in [1.807, 2.05) is 12.1 Å². The number of hydrogen-bond acceptors (Lipinski definition) is 3. The van der Waals surface area contributed by atoms with Crippen molar-refractivity contribution >= 4 is 45.4 Å². The van der Waals surface area contributed by atoms with E-state index in [-0.39, 0.29) is 12.1 Å². The monoisotopic (exact) mass is 366 g/mol. The minimum absolute atomic E-state index is 0.0214. The van der Waals surface area contributed by atoms with Crippen molar-refractivity contribution < 1.29 is 4.79 Å². The largest absolute Gasteiger partial charge is 0.353 e. The summed E-state index contributed by atoms with van der Waals surface area (Å²) >= 11 is 14.1. The van der Waals surface area contributed by atoms with Crippen molar-refractivity contribution in [2.24, 2.45) is 5.92 Å². The molecule has 6 heteroatoms. The van der Waals surface area contributed by atoms with Crippen LogP contribution in [0.25, 0.3) is 0 Å². The molecule has 1 amide bonds. The number of hydrogen-bond donors (Lipinski definition) is 2. The number of thiophene rings is 1. The predicted octanol–water partition coefficient (Wildman–Crippen LogP) is 5.03. The predicted molar refractivity (Wildman–Crippen MR) is 95.8 cm³/mol. The zero-order chi connectivity index (χ0) is 16.1. The number of amides is 1. The highest BCUT2D eigenvalue weighted by Gasteiger charge is 2.33. The van der Waals surface area contributed by atoms with Gasteiger partial charge in [0.05, 0.1) is 15.6 Å². The lowest BCUT2D eigenvalue weighted by Gasteiger charge is -2.27. The Bertz CT molecular complexity index is 802. The van der Waals surface area contributed by atoms with Gasteiger partial charge in [0, 0.05) is 10.4 Å². The van der Waals surface area contributed by atoms with E-state index in [1.54, 1.807) is 17.4 Å². The van der Waals surface area contributed by atoms with E-state index in [9.17, 15) is 4.79 Å². The molecule has 1 aromatic heterocycles. The molecule has 2 N–H and O–H groups in total. The van der Waals surface area contributed by atoms with Gasteiger partial charge in [0.2, 0.25) is 0 Å². The van der Waals surface area contributed by atoms with Crippen LogP contribution >= 0.6 is 34.5 Å². The molecule has 2 aliphatic rings. The van der Waals surface area contributed by atoms with Gasteiger partial charge < -0.3 is 10.6 Å². The molecule has 2 atom stereocenters. The second kappa shape index (κ2) is 5.69. The van der Waals surface area contributed by atoms with Crippen molar-refractivity contribution in [1.82, 2.24) is 5.32 Å². The first-order valence-electron chi connectivity index (χ1n) is 7.70. The van der Waals surface area contributed by atoms with Crippen LogP contribution in [0.1, 0.15) is 45.9 Å². The fourth-order valence-electron chi connectivity index (χ4n) is 3.36. The number of nitrogens with one attached hydrogen (secondary N) is 2. The minimum Gasteiger partial charge on any atom is -0.353 e. The highest BCUT2D eigenvalue weighted by molar-refractivity contribution is 7.16. The molecule has 2 aromatic rings. The Morgan fingerprint density at radius 1 is 1.26 bits per heavy atom. The van der Waals surface area contributed by atoms with Crippen LogP contribution in [0.15, 0.2) is 18.2 Å². The number of carbonyl (C=O) groups is 1. The molecule has 0 saturated carbocycles. The summed E-state index contributed by atoms with van der Waals surface area (Å²) in [6.45, 7) is 2.27. The maximum absolute atomic E-state index is 12.7. The Hall–Kier alpha value is -1.23. The van der Waals surface area contributed by atoms with E-state index in [2.05, 4.69) is 17.6 Å². The SMILES string of the molecule is C[C@H]1CCc2c(sc3c2C(=O)N[C@@H](c2cccc(Cl)c2Cl)N3)C1. The van der Waals surface area contributed by atoms with Crippen LogP contribution in [0.2, 0.25) is 10.0 Å². The summed E-state index contributed by atoms with van der Waals surface area (Å²) in [6.07, 6.45) is 2.84. The van der Waals surface area contributed by atoms with Crippen LogP contribution in [0, 0.1) is 5.92 Å². The van der Waals surface area contributed by atoms with Crippen LogP contribution in [-0.4, -0.2) is 5.91 Å². The highest BCUT2D eigenvalue weighted by Crippen LogP contribution is 2.43. The Morgan fingerprint density at radius 3 is 2.91 bits per heavy atom. The molecule has 1 aromatic carbocycles. The number of anilines is 1. The molecule has 3 nitrogen and oxygen atoms in total. The number of rotatable bonds is 1. The van der Waals surface area contributed by atoms with E-state index in [0.717, 1.165) is 35.4 Å². The molecule has 2 heterocycles. The second-order valence-corrected chi connectivity index (χ2v) is 8.14. The van der Waals surface area contributed by atoms with Crippen molar-refractivity contribution in [2.45, 2.75) is 32.4 Å². The molecule has 0 fully saturated rings. The molecule has 0 radical (unpaired) electrons. The summed E-state index contributed by atoms with van der Waals surface area (Å²) in [6, 6.07) is 5.47. The molecule has 23 heavy (non-hydrogen) atoms. The lowest BCUT2D eigenvalue weighted by molar-refractivity contribution is 0.0935. The van der Waals surface area contributed by atoms with Gasteiger partial charge in [-0.25, -0.2) is 0 Å². The molecular formula is C17H16Cl2N2OS. The van der Waals surface area contributed by atoms with Crippen LogP contribution in [0.5, 0.6) is 0 Å². The third-order valence-electron chi connectivity index (χ3n) is 4.58. The van der Waals surface area contributed by atoms with Crippen LogP contribution in [0.4, 0.5) is 5.00 Å². The van der Waals surface area contributed by atoms with E-state index >= 15 is 0 Å². The molecule has 120 valence electrons. The third-order valence-corrected chi connectivity index (χ3v) is 6.60. The first-order valence-corrected chi connectivity index (χ1v) is 9.27. The Balaban J connectivity index is 1.73. The van der Waals surface area contributed by atoms with Gasteiger partial charge in [0.25, 0.3) is 5.91 Å². The van der Waals surface area contributed by atoms with Gasteiger partial charge in [-0.05, 0) is 36.8 Å². The van der Waals surface area contributed by atoms with E-state index in [1.165, 1.54) is 10.4 Å². The van der Waals surface area contributed by atoms with Crippen molar-refractivity contribution in [3.63, 3.8) is 0 Å². The quantitative estimate of drug-likeness (QED) is 0.742. The molecule has 4 rings (SSSR count). The number of halogens is 2. The van der Waals surface area contributed by atoms with Crippen LogP contribution in [0.3, 0.4) is 0 Å².